The number of carbonyl (C=O) groups is 1. The maximum Gasteiger partial charge on any atom is 0.252 e. The van der Waals surface area contributed by atoms with E-state index in [1.165, 1.54) is 19.2 Å². The first-order chi connectivity index (χ1) is 6.06. The summed E-state index contributed by atoms with van der Waals surface area (Å²) in [6, 6.07) is 2.77. The summed E-state index contributed by atoms with van der Waals surface area (Å²) in [5, 5.41) is 0. The van der Waals surface area contributed by atoms with E-state index in [2.05, 4.69) is 0 Å². The molecular formula is C9H10FNO2. The first kappa shape index (κ1) is 9.51. The van der Waals surface area contributed by atoms with Gasteiger partial charge in [0, 0.05) is 0 Å². The molecule has 0 saturated heterocycles. The summed E-state index contributed by atoms with van der Waals surface area (Å²) in [7, 11) is 1.29. The number of rotatable bonds is 2. The lowest BCUT2D eigenvalue weighted by Crippen LogP contribution is -2.13. The molecule has 70 valence electrons. The van der Waals surface area contributed by atoms with Crippen LogP contribution in [0.5, 0.6) is 5.75 Å². The van der Waals surface area contributed by atoms with Gasteiger partial charge in [-0.3, -0.25) is 4.79 Å². The molecule has 1 amide bonds. The van der Waals surface area contributed by atoms with Crippen molar-refractivity contribution < 1.29 is 13.9 Å². The van der Waals surface area contributed by atoms with E-state index in [-0.39, 0.29) is 11.3 Å². The third-order valence-corrected chi connectivity index (χ3v) is 1.66. The number of ether oxygens (including phenoxy) is 1. The molecule has 0 saturated carbocycles. The molecule has 2 N–H and O–H groups in total. The number of methoxy groups -OCH3 is 1. The number of benzene rings is 1. The minimum absolute atomic E-state index is 0.0694. The maximum atomic E-state index is 13.1. The lowest BCUT2D eigenvalue weighted by molar-refractivity contribution is 0.0996. The Kier molecular flexibility index (Phi) is 2.51. The lowest BCUT2D eigenvalue weighted by Gasteiger charge is -2.07. The van der Waals surface area contributed by atoms with Crippen LogP contribution in [0, 0.1) is 12.7 Å². The molecule has 1 aromatic rings. The molecule has 0 aliphatic heterocycles. The molecule has 0 spiro atoms. The van der Waals surface area contributed by atoms with Crippen LogP contribution in [0.15, 0.2) is 12.1 Å². The summed E-state index contributed by atoms with van der Waals surface area (Å²) in [6.45, 7) is 1.68. The second-order valence-corrected chi connectivity index (χ2v) is 2.69. The molecule has 0 aliphatic carbocycles. The van der Waals surface area contributed by atoms with Gasteiger partial charge in [0.1, 0.15) is 0 Å². The predicted molar refractivity (Wildman–Crippen MR) is 46.2 cm³/mol. The van der Waals surface area contributed by atoms with Crippen molar-refractivity contribution in [3.63, 3.8) is 0 Å². The van der Waals surface area contributed by atoms with Crippen molar-refractivity contribution in [2.24, 2.45) is 5.73 Å². The quantitative estimate of drug-likeness (QED) is 0.750. The molecule has 0 bridgehead atoms. The molecule has 0 atom stereocenters. The lowest BCUT2D eigenvalue weighted by atomic mass is 10.1. The Bertz CT molecular complexity index is 350. The van der Waals surface area contributed by atoms with Crippen molar-refractivity contribution in [2.45, 2.75) is 6.92 Å². The van der Waals surface area contributed by atoms with Crippen LogP contribution in [0.25, 0.3) is 0 Å². The SMILES string of the molecule is COc1c(F)cc(C)cc1C(N)=O. The molecule has 1 aromatic carbocycles. The second-order valence-electron chi connectivity index (χ2n) is 2.69. The summed E-state index contributed by atoms with van der Waals surface area (Å²) >= 11 is 0. The summed E-state index contributed by atoms with van der Waals surface area (Å²) in [6.07, 6.45) is 0. The van der Waals surface area contributed by atoms with Crippen molar-refractivity contribution in [1.82, 2.24) is 0 Å². The summed E-state index contributed by atoms with van der Waals surface area (Å²) in [5.41, 5.74) is 5.74. The fraction of sp³-hybridized carbons (Fsp3) is 0.222. The van der Waals surface area contributed by atoms with Crippen LogP contribution in [0.4, 0.5) is 4.39 Å². The third-order valence-electron chi connectivity index (χ3n) is 1.66. The highest BCUT2D eigenvalue weighted by Gasteiger charge is 2.14. The summed E-state index contributed by atoms with van der Waals surface area (Å²) in [5.74, 6) is -1.37. The highest BCUT2D eigenvalue weighted by Crippen LogP contribution is 2.23. The molecule has 0 aromatic heterocycles. The first-order valence-electron chi connectivity index (χ1n) is 3.70. The van der Waals surface area contributed by atoms with Crippen molar-refractivity contribution in [3.8, 4) is 5.75 Å². The van der Waals surface area contributed by atoms with E-state index >= 15 is 0 Å². The standard InChI is InChI=1S/C9H10FNO2/c1-5-3-6(9(11)12)8(13-2)7(10)4-5/h3-4H,1-2H3,(H2,11,12). The number of nitrogens with two attached hydrogens (primary N) is 1. The van der Waals surface area contributed by atoms with Gasteiger partial charge in [0.15, 0.2) is 11.6 Å². The Morgan fingerprint density at radius 3 is 2.62 bits per heavy atom. The minimum atomic E-state index is -0.695. The van der Waals surface area contributed by atoms with E-state index in [1.807, 2.05) is 0 Å². The van der Waals surface area contributed by atoms with E-state index < -0.39 is 11.7 Å². The largest absolute Gasteiger partial charge is 0.493 e. The number of carbonyl (C=O) groups excluding carboxylic acids is 1. The Labute approximate surface area is 75.3 Å². The predicted octanol–water partition coefficient (Wildman–Crippen LogP) is 1.24. The van der Waals surface area contributed by atoms with Gasteiger partial charge in [0.25, 0.3) is 5.91 Å². The normalized spacial score (nSPS) is 9.77. The third kappa shape index (κ3) is 1.77. The summed E-state index contributed by atoms with van der Waals surface area (Å²) in [4.78, 5) is 10.9. The molecule has 3 nitrogen and oxygen atoms in total. The zero-order valence-electron chi connectivity index (χ0n) is 7.43. The number of halogens is 1. The van der Waals surface area contributed by atoms with Gasteiger partial charge in [0.2, 0.25) is 0 Å². The molecule has 0 radical (unpaired) electrons. The van der Waals surface area contributed by atoms with Crippen molar-refractivity contribution in [2.75, 3.05) is 7.11 Å². The smallest absolute Gasteiger partial charge is 0.252 e. The Morgan fingerprint density at radius 1 is 1.54 bits per heavy atom. The summed E-state index contributed by atoms with van der Waals surface area (Å²) < 4.78 is 17.9. The van der Waals surface area contributed by atoms with Crippen LogP contribution < -0.4 is 10.5 Å². The van der Waals surface area contributed by atoms with Crippen LogP contribution in [-0.2, 0) is 0 Å². The molecule has 13 heavy (non-hydrogen) atoms. The number of primary amides is 1. The van der Waals surface area contributed by atoms with E-state index in [0.29, 0.717) is 5.56 Å². The molecule has 1 rings (SSSR count). The van der Waals surface area contributed by atoms with Gasteiger partial charge >= 0.3 is 0 Å². The fourth-order valence-electron chi connectivity index (χ4n) is 1.12. The van der Waals surface area contributed by atoms with Crippen molar-refractivity contribution in [1.29, 1.82) is 0 Å². The van der Waals surface area contributed by atoms with Gasteiger partial charge in [-0.2, -0.15) is 0 Å². The van der Waals surface area contributed by atoms with Crippen LogP contribution in [0.1, 0.15) is 15.9 Å². The topological polar surface area (TPSA) is 52.3 Å². The van der Waals surface area contributed by atoms with Crippen molar-refractivity contribution >= 4 is 5.91 Å². The number of amides is 1. The van der Waals surface area contributed by atoms with E-state index in [0.717, 1.165) is 0 Å². The van der Waals surface area contributed by atoms with Crippen LogP contribution in [-0.4, -0.2) is 13.0 Å². The molecule has 0 aliphatic rings. The van der Waals surface area contributed by atoms with Gasteiger partial charge < -0.3 is 10.5 Å². The monoisotopic (exact) mass is 183 g/mol. The minimum Gasteiger partial charge on any atom is -0.493 e. The average molecular weight is 183 g/mol. The van der Waals surface area contributed by atoms with Gasteiger partial charge in [-0.15, -0.1) is 0 Å². The van der Waals surface area contributed by atoms with Crippen LogP contribution >= 0.6 is 0 Å². The highest BCUT2D eigenvalue weighted by atomic mass is 19.1. The van der Waals surface area contributed by atoms with Gasteiger partial charge in [-0.05, 0) is 24.6 Å². The number of hydrogen-bond donors (Lipinski definition) is 1. The van der Waals surface area contributed by atoms with Crippen molar-refractivity contribution in [3.05, 3.63) is 29.1 Å². The fourth-order valence-corrected chi connectivity index (χ4v) is 1.12. The van der Waals surface area contributed by atoms with E-state index in [9.17, 15) is 9.18 Å². The van der Waals surface area contributed by atoms with E-state index in [4.69, 9.17) is 10.5 Å². The molecule has 0 fully saturated rings. The van der Waals surface area contributed by atoms with E-state index in [1.54, 1.807) is 6.92 Å². The Morgan fingerprint density at radius 2 is 2.15 bits per heavy atom. The van der Waals surface area contributed by atoms with Crippen LogP contribution in [0.3, 0.4) is 0 Å². The highest BCUT2D eigenvalue weighted by molar-refractivity contribution is 5.95. The van der Waals surface area contributed by atoms with Gasteiger partial charge in [0.05, 0.1) is 12.7 Å². The molecule has 4 heteroatoms. The molecule has 0 heterocycles. The van der Waals surface area contributed by atoms with Gasteiger partial charge in [-0.25, -0.2) is 4.39 Å². The first-order valence-corrected chi connectivity index (χ1v) is 3.70. The maximum absolute atomic E-state index is 13.1. The number of aryl methyl sites for hydroxylation is 1. The Hall–Kier alpha value is -1.58. The number of hydrogen-bond acceptors (Lipinski definition) is 2. The zero-order chi connectivity index (χ0) is 10.0. The second kappa shape index (κ2) is 3.43. The zero-order valence-corrected chi connectivity index (χ0v) is 7.43. The van der Waals surface area contributed by atoms with Crippen LogP contribution in [0.2, 0.25) is 0 Å². The molecule has 0 unspecified atom stereocenters. The van der Waals surface area contributed by atoms with Gasteiger partial charge in [-0.1, -0.05) is 0 Å². The Balaban J connectivity index is 3.38. The average Bonchev–Trinajstić information content (AvgIpc) is 2.02. The molecular weight excluding hydrogens is 173 g/mol.